The normalized spacial score (nSPS) is 19.7. The predicted molar refractivity (Wildman–Crippen MR) is 64.0 cm³/mol. The first-order chi connectivity index (χ1) is 7.51. The van der Waals surface area contributed by atoms with Gasteiger partial charge in [0, 0.05) is 18.2 Å². The Morgan fingerprint density at radius 3 is 2.50 bits per heavy atom. The maximum atomic E-state index is 5.06. The molecule has 0 fully saturated rings. The van der Waals surface area contributed by atoms with Crippen molar-refractivity contribution in [2.45, 2.75) is 39.8 Å². The maximum absolute atomic E-state index is 5.06. The monoisotopic (exact) mass is 227 g/mol. The fourth-order valence-corrected chi connectivity index (χ4v) is 1.26. The molecular weight excluding hydrogens is 206 g/mol. The molecule has 0 atom stereocenters. The van der Waals surface area contributed by atoms with E-state index in [-0.39, 0.29) is 6.04 Å². The number of nitrogens with one attached hydrogen (secondary N) is 3. The molecule has 1 aliphatic heterocycles. The Kier molecular flexibility index (Phi) is 4.57. The van der Waals surface area contributed by atoms with Gasteiger partial charge in [0.25, 0.3) is 0 Å². The number of amidine groups is 1. The van der Waals surface area contributed by atoms with Crippen LogP contribution in [0.1, 0.15) is 27.7 Å². The molecular formula is C10H21N5O. The minimum absolute atomic E-state index is 0.232. The summed E-state index contributed by atoms with van der Waals surface area (Å²) in [4.78, 5) is 9.48. The predicted octanol–water partition coefficient (Wildman–Crippen LogP) is 0.519. The third-order valence-electron chi connectivity index (χ3n) is 1.74. The van der Waals surface area contributed by atoms with Gasteiger partial charge in [-0.25, -0.2) is 0 Å². The highest BCUT2D eigenvalue weighted by Crippen LogP contribution is 1.99. The number of aliphatic imine (C=N–C) groups is 1. The minimum Gasteiger partial charge on any atom is -0.368 e. The van der Waals surface area contributed by atoms with Gasteiger partial charge in [-0.15, -0.1) is 0 Å². The summed E-state index contributed by atoms with van der Waals surface area (Å²) in [5.74, 6) is 1.62. The van der Waals surface area contributed by atoms with Crippen molar-refractivity contribution in [2.75, 3.05) is 7.11 Å². The number of hydrogen-bond donors (Lipinski definition) is 3. The van der Waals surface area contributed by atoms with Crippen LogP contribution in [0.5, 0.6) is 0 Å². The van der Waals surface area contributed by atoms with Gasteiger partial charge in [-0.3, -0.25) is 20.7 Å². The van der Waals surface area contributed by atoms with Crippen LogP contribution >= 0.6 is 0 Å². The smallest absolute Gasteiger partial charge is 0.142 e. The molecule has 1 aliphatic rings. The molecule has 0 saturated carbocycles. The molecule has 0 saturated heterocycles. The van der Waals surface area contributed by atoms with E-state index in [9.17, 15) is 0 Å². The van der Waals surface area contributed by atoms with E-state index < -0.39 is 0 Å². The van der Waals surface area contributed by atoms with Gasteiger partial charge in [-0.05, 0) is 33.0 Å². The lowest BCUT2D eigenvalue weighted by Crippen LogP contribution is -2.55. The van der Waals surface area contributed by atoms with Crippen LogP contribution in [0.2, 0.25) is 0 Å². The van der Waals surface area contributed by atoms with Crippen molar-refractivity contribution in [3.05, 3.63) is 11.9 Å². The second-order valence-corrected chi connectivity index (χ2v) is 4.17. The van der Waals surface area contributed by atoms with E-state index in [0.717, 1.165) is 11.7 Å². The molecule has 0 aliphatic carbocycles. The van der Waals surface area contributed by atoms with E-state index in [2.05, 4.69) is 35.0 Å². The van der Waals surface area contributed by atoms with Crippen molar-refractivity contribution >= 4 is 5.84 Å². The molecule has 0 unspecified atom stereocenters. The van der Waals surface area contributed by atoms with Gasteiger partial charge in [0.15, 0.2) is 0 Å². The van der Waals surface area contributed by atoms with Gasteiger partial charge in [-0.2, -0.15) is 0 Å². The Bertz CT molecular complexity index is 285. The molecule has 0 radical (unpaired) electrons. The van der Waals surface area contributed by atoms with Gasteiger partial charge in [0.2, 0.25) is 0 Å². The van der Waals surface area contributed by atoms with Gasteiger partial charge in [0.05, 0.1) is 7.11 Å². The van der Waals surface area contributed by atoms with Crippen molar-refractivity contribution in [3.8, 4) is 0 Å². The molecule has 1 rings (SSSR count). The second-order valence-electron chi connectivity index (χ2n) is 4.17. The van der Waals surface area contributed by atoms with Gasteiger partial charge >= 0.3 is 0 Å². The fraction of sp³-hybridized carbons (Fsp3) is 0.700. The molecule has 0 aromatic carbocycles. The van der Waals surface area contributed by atoms with Crippen molar-refractivity contribution in [1.29, 1.82) is 0 Å². The summed E-state index contributed by atoms with van der Waals surface area (Å²) in [6, 6.07) is 0.576. The third-order valence-corrected chi connectivity index (χ3v) is 1.74. The average Bonchev–Trinajstić information content (AvgIpc) is 2.14. The summed E-state index contributed by atoms with van der Waals surface area (Å²) in [6.07, 6.45) is 1.91. The Morgan fingerprint density at radius 2 is 2.00 bits per heavy atom. The lowest BCUT2D eigenvalue weighted by atomic mass is 10.3. The topological polar surface area (TPSA) is 60.9 Å². The van der Waals surface area contributed by atoms with Crippen LogP contribution < -0.4 is 16.2 Å². The third kappa shape index (κ3) is 4.08. The zero-order valence-electron chi connectivity index (χ0n) is 10.5. The van der Waals surface area contributed by atoms with Crippen LogP contribution in [-0.4, -0.2) is 30.3 Å². The van der Waals surface area contributed by atoms with Crippen LogP contribution in [0.15, 0.2) is 16.9 Å². The first-order valence-corrected chi connectivity index (χ1v) is 5.45. The first kappa shape index (κ1) is 12.8. The average molecular weight is 227 g/mol. The summed E-state index contributed by atoms with van der Waals surface area (Å²) >= 11 is 0. The quantitative estimate of drug-likeness (QED) is 0.653. The highest BCUT2D eigenvalue weighted by Gasteiger charge is 2.15. The SMILES string of the molecule is CON1NC(NC(C)C)=CC(=NC(C)C)N1. The molecule has 1 heterocycles. The van der Waals surface area contributed by atoms with Crippen LogP contribution in [0.25, 0.3) is 0 Å². The number of nitrogens with zero attached hydrogens (tertiary/aromatic N) is 2. The Labute approximate surface area is 96.6 Å². The molecule has 0 spiro atoms. The van der Waals surface area contributed by atoms with Crippen molar-refractivity contribution in [1.82, 2.24) is 21.4 Å². The van der Waals surface area contributed by atoms with Crippen LogP contribution in [0, 0.1) is 0 Å². The minimum atomic E-state index is 0.232. The Morgan fingerprint density at radius 1 is 1.31 bits per heavy atom. The van der Waals surface area contributed by atoms with E-state index in [1.807, 2.05) is 19.9 Å². The van der Waals surface area contributed by atoms with E-state index in [4.69, 9.17) is 4.84 Å². The maximum Gasteiger partial charge on any atom is 0.142 e. The Hall–Kier alpha value is -1.27. The van der Waals surface area contributed by atoms with Crippen LogP contribution in [0.4, 0.5) is 0 Å². The van der Waals surface area contributed by atoms with E-state index in [1.165, 1.54) is 5.28 Å². The molecule has 0 bridgehead atoms. The highest BCUT2D eigenvalue weighted by molar-refractivity contribution is 5.93. The second kappa shape index (κ2) is 5.72. The van der Waals surface area contributed by atoms with Crippen LogP contribution in [-0.2, 0) is 4.84 Å². The van der Waals surface area contributed by atoms with Gasteiger partial charge in [-0.1, -0.05) is 0 Å². The largest absolute Gasteiger partial charge is 0.368 e. The standard InChI is InChI=1S/C10H21N5O/c1-7(2)11-9-6-10(12-8(3)4)14-15(13-9)16-5/h6-8,11,13H,1-5H3,(H,12,14). The molecule has 0 aromatic heterocycles. The molecule has 16 heavy (non-hydrogen) atoms. The van der Waals surface area contributed by atoms with Crippen molar-refractivity contribution < 1.29 is 4.84 Å². The lowest BCUT2D eigenvalue weighted by Gasteiger charge is -2.29. The van der Waals surface area contributed by atoms with Crippen molar-refractivity contribution in [3.63, 3.8) is 0 Å². The Balaban J connectivity index is 2.77. The summed E-state index contributed by atoms with van der Waals surface area (Å²) in [7, 11) is 1.57. The van der Waals surface area contributed by atoms with E-state index >= 15 is 0 Å². The number of hydrogen-bond acceptors (Lipinski definition) is 5. The van der Waals surface area contributed by atoms with Crippen LogP contribution in [0.3, 0.4) is 0 Å². The zero-order valence-corrected chi connectivity index (χ0v) is 10.5. The molecule has 92 valence electrons. The molecule has 0 aromatic rings. The summed E-state index contributed by atoms with van der Waals surface area (Å²) in [5.41, 5.74) is 5.98. The number of rotatable bonds is 4. The highest BCUT2D eigenvalue weighted by atomic mass is 16.7. The van der Waals surface area contributed by atoms with Crippen molar-refractivity contribution in [2.24, 2.45) is 4.99 Å². The number of hydrazine groups is 2. The lowest BCUT2D eigenvalue weighted by molar-refractivity contribution is -0.190. The molecule has 6 heteroatoms. The van der Waals surface area contributed by atoms with E-state index in [1.54, 1.807) is 7.11 Å². The van der Waals surface area contributed by atoms with Gasteiger partial charge in [0.1, 0.15) is 11.7 Å². The summed E-state index contributed by atoms with van der Waals surface area (Å²) in [5, 5.41) is 4.67. The molecule has 3 N–H and O–H groups in total. The zero-order chi connectivity index (χ0) is 12.1. The van der Waals surface area contributed by atoms with E-state index in [0.29, 0.717) is 6.04 Å². The molecule has 6 nitrogen and oxygen atoms in total. The fourth-order valence-electron chi connectivity index (χ4n) is 1.26. The summed E-state index contributed by atoms with van der Waals surface area (Å²) < 4.78 is 0. The molecule has 0 amide bonds. The summed E-state index contributed by atoms with van der Waals surface area (Å²) in [6.45, 7) is 8.19. The van der Waals surface area contributed by atoms with Gasteiger partial charge < -0.3 is 5.32 Å². The first-order valence-electron chi connectivity index (χ1n) is 5.45.